The maximum Gasteiger partial charge on any atom is 0.255 e. The number of carbonyl (C=O) groups excluding carboxylic acids is 1. The number of nitrogens with one attached hydrogen (secondary N) is 1. The normalized spacial score (nSPS) is 11.4. The van der Waals surface area contributed by atoms with Crippen LogP contribution in [0.5, 0.6) is 0 Å². The molecule has 128 valence electrons. The molecule has 0 aliphatic heterocycles. The Kier molecular flexibility index (Phi) is 5.31. The fourth-order valence-electron chi connectivity index (χ4n) is 2.61. The minimum Gasteiger partial charge on any atom is -0.322 e. The molecule has 1 atom stereocenters. The van der Waals surface area contributed by atoms with Crippen molar-refractivity contribution in [1.29, 1.82) is 5.26 Å². The number of nitriles is 1. The van der Waals surface area contributed by atoms with Gasteiger partial charge < -0.3 is 5.32 Å². The number of benzene rings is 3. The lowest BCUT2D eigenvalue weighted by atomic mass is 9.92. The maximum absolute atomic E-state index is 12.9. The number of nitrogens with zero attached hydrogens (tertiary/aromatic N) is 1. The van der Waals surface area contributed by atoms with Gasteiger partial charge in [-0.1, -0.05) is 48.0 Å². The number of carbonyl (C=O) groups is 1. The summed E-state index contributed by atoms with van der Waals surface area (Å²) in [4.78, 5) is 12.2. The average molecular weight is 365 g/mol. The van der Waals surface area contributed by atoms with Crippen LogP contribution in [0, 0.1) is 17.1 Å². The quantitative estimate of drug-likeness (QED) is 0.675. The van der Waals surface area contributed by atoms with Gasteiger partial charge in [-0.25, -0.2) is 4.39 Å². The molecule has 1 N–H and O–H groups in total. The Labute approximate surface area is 155 Å². The molecule has 3 aromatic rings. The van der Waals surface area contributed by atoms with Gasteiger partial charge in [0.05, 0.1) is 12.0 Å². The van der Waals surface area contributed by atoms with Gasteiger partial charge in [0.25, 0.3) is 5.91 Å². The van der Waals surface area contributed by atoms with Crippen LogP contribution in [0.3, 0.4) is 0 Å². The Hall–Kier alpha value is -3.16. The van der Waals surface area contributed by atoms with E-state index >= 15 is 0 Å². The molecule has 0 radical (unpaired) electrons. The van der Waals surface area contributed by atoms with Gasteiger partial charge in [0.15, 0.2) is 0 Å². The highest BCUT2D eigenvalue weighted by Crippen LogP contribution is 2.31. The molecule has 3 aromatic carbocycles. The molecule has 1 amide bonds. The lowest BCUT2D eigenvalue weighted by Gasteiger charge is -2.13. The van der Waals surface area contributed by atoms with E-state index < -0.39 is 11.7 Å². The van der Waals surface area contributed by atoms with Crippen LogP contribution < -0.4 is 5.32 Å². The summed E-state index contributed by atoms with van der Waals surface area (Å²) in [7, 11) is 0. The highest BCUT2D eigenvalue weighted by molar-refractivity contribution is 6.32. The number of hydrogen-bond donors (Lipinski definition) is 1. The van der Waals surface area contributed by atoms with Crippen molar-refractivity contribution in [3.8, 4) is 6.07 Å². The molecule has 3 rings (SSSR count). The summed E-state index contributed by atoms with van der Waals surface area (Å²) in [5.41, 5.74) is 2.35. The molecule has 0 bridgehead atoms. The summed E-state index contributed by atoms with van der Waals surface area (Å²) < 4.78 is 12.9. The molecule has 0 heterocycles. The van der Waals surface area contributed by atoms with Crippen molar-refractivity contribution in [2.45, 2.75) is 5.92 Å². The third-order valence-electron chi connectivity index (χ3n) is 3.94. The van der Waals surface area contributed by atoms with Crippen LogP contribution in [-0.2, 0) is 0 Å². The molecule has 26 heavy (non-hydrogen) atoms. The van der Waals surface area contributed by atoms with Crippen molar-refractivity contribution in [3.05, 3.63) is 100 Å². The molecule has 0 spiro atoms. The maximum atomic E-state index is 12.9. The molecular formula is C21H14ClFN2O. The van der Waals surface area contributed by atoms with Gasteiger partial charge in [-0.3, -0.25) is 4.79 Å². The van der Waals surface area contributed by atoms with Crippen molar-refractivity contribution >= 4 is 23.2 Å². The summed E-state index contributed by atoms with van der Waals surface area (Å²) in [6, 6.07) is 21.9. The first-order chi connectivity index (χ1) is 12.6. The molecule has 0 fully saturated rings. The van der Waals surface area contributed by atoms with E-state index in [0.29, 0.717) is 21.8 Å². The standard InChI is InChI=1S/C21H14ClFN2O/c22-20-12-17(25-21(26)15-6-8-16(23)9-7-15)10-11-18(20)19(13-24)14-4-2-1-3-5-14/h1-12,19H,(H,25,26)/t19-/m1/s1. The first-order valence-electron chi connectivity index (χ1n) is 7.89. The fraction of sp³-hybridized carbons (Fsp3) is 0.0476. The number of amides is 1. The summed E-state index contributed by atoms with van der Waals surface area (Å²) in [5.74, 6) is -1.27. The van der Waals surface area contributed by atoms with Crippen LogP contribution in [0.2, 0.25) is 5.02 Å². The number of halogens is 2. The van der Waals surface area contributed by atoms with Gasteiger partial charge in [-0.05, 0) is 47.5 Å². The van der Waals surface area contributed by atoms with E-state index in [1.807, 2.05) is 30.3 Å². The predicted octanol–water partition coefficient (Wildman–Crippen LogP) is 5.39. The molecule has 0 unspecified atom stereocenters. The molecule has 0 saturated heterocycles. The second-order valence-electron chi connectivity index (χ2n) is 5.67. The molecule has 5 heteroatoms. The van der Waals surface area contributed by atoms with E-state index in [2.05, 4.69) is 11.4 Å². The SMILES string of the molecule is N#C[C@H](c1ccccc1)c1ccc(NC(=O)c2ccc(F)cc2)cc1Cl. The van der Waals surface area contributed by atoms with E-state index in [4.69, 9.17) is 11.6 Å². The molecule has 0 aliphatic rings. The molecule has 0 aliphatic carbocycles. The zero-order valence-corrected chi connectivity index (χ0v) is 14.4. The van der Waals surface area contributed by atoms with Crippen molar-refractivity contribution in [2.24, 2.45) is 0 Å². The molecule has 0 saturated carbocycles. The number of anilines is 1. The Morgan fingerprint density at radius 3 is 2.35 bits per heavy atom. The van der Waals surface area contributed by atoms with E-state index in [9.17, 15) is 14.4 Å². The minimum absolute atomic E-state index is 0.339. The number of hydrogen-bond acceptors (Lipinski definition) is 2. The zero-order valence-electron chi connectivity index (χ0n) is 13.6. The van der Waals surface area contributed by atoms with Crippen molar-refractivity contribution in [3.63, 3.8) is 0 Å². The minimum atomic E-state index is -0.495. The van der Waals surface area contributed by atoms with Crippen LogP contribution >= 0.6 is 11.6 Å². The molecule has 0 aromatic heterocycles. The van der Waals surface area contributed by atoms with Crippen LogP contribution in [0.4, 0.5) is 10.1 Å². The van der Waals surface area contributed by atoms with Crippen molar-refractivity contribution in [2.75, 3.05) is 5.32 Å². The van der Waals surface area contributed by atoms with Crippen LogP contribution in [-0.4, -0.2) is 5.91 Å². The van der Waals surface area contributed by atoms with E-state index in [0.717, 1.165) is 5.56 Å². The lowest BCUT2D eigenvalue weighted by Crippen LogP contribution is -2.12. The van der Waals surface area contributed by atoms with Gasteiger partial charge in [-0.15, -0.1) is 0 Å². The predicted molar refractivity (Wildman–Crippen MR) is 99.7 cm³/mol. The fourth-order valence-corrected chi connectivity index (χ4v) is 2.90. The first-order valence-corrected chi connectivity index (χ1v) is 8.27. The summed E-state index contributed by atoms with van der Waals surface area (Å²) in [5, 5.41) is 12.6. The van der Waals surface area contributed by atoms with Gasteiger partial charge in [0, 0.05) is 16.3 Å². The van der Waals surface area contributed by atoms with Gasteiger partial charge in [-0.2, -0.15) is 5.26 Å². The summed E-state index contributed by atoms with van der Waals surface area (Å²) in [6.45, 7) is 0. The Morgan fingerprint density at radius 2 is 1.73 bits per heavy atom. The molecular weight excluding hydrogens is 351 g/mol. The highest BCUT2D eigenvalue weighted by Gasteiger charge is 2.17. The van der Waals surface area contributed by atoms with Gasteiger partial charge in [0.1, 0.15) is 5.82 Å². The highest BCUT2D eigenvalue weighted by atomic mass is 35.5. The van der Waals surface area contributed by atoms with E-state index in [-0.39, 0.29) is 5.91 Å². The van der Waals surface area contributed by atoms with Gasteiger partial charge in [0.2, 0.25) is 0 Å². The van der Waals surface area contributed by atoms with Crippen LogP contribution in [0.25, 0.3) is 0 Å². The van der Waals surface area contributed by atoms with E-state index in [1.165, 1.54) is 24.3 Å². The monoisotopic (exact) mass is 364 g/mol. The summed E-state index contributed by atoms with van der Waals surface area (Å²) >= 11 is 6.35. The zero-order chi connectivity index (χ0) is 18.5. The second kappa shape index (κ2) is 7.81. The third kappa shape index (κ3) is 3.90. The van der Waals surface area contributed by atoms with Crippen LogP contribution in [0.1, 0.15) is 27.4 Å². The third-order valence-corrected chi connectivity index (χ3v) is 4.27. The lowest BCUT2D eigenvalue weighted by molar-refractivity contribution is 0.102. The average Bonchev–Trinajstić information content (AvgIpc) is 2.65. The molecule has 3 nitrogen and oxygen atoms in total. The topological polar surface area (TPSA) is 52.9 Å². The van der Waals surface area contributed by atoms with E-state index in [1.54, 1.807) is 18.2 Å². The Morgan fingerprint density at radius 1 is 1.04 bits per heavy atom. The first kappa shape index (κ1) is 17.7. The van der Waals surface area contributed by atoms with Gasteiger partial charge >= 0.3 is 0 Å². The largest absolute Gasteiger partial charge is 0.322 e. The summed E-state index contributed by atoms with van der Waals surface area (Å²) in [6.07, 6.45) is 0. The number of rotatable bonds is 4. The van der Waals surface area contributed by atoms with Crippen LogP contribution in [0.15, 0.2) is 72.8 Å². The smallest absolute Gasteiger partial charge is 0.255 e. The van der Waals surface area contributed by atoms with Crippen molar-refractivity contribution in [1.82, 2.24) is 0 Å². The van der Waals surface area contributed by atoms with Crippen molar-refractivity contribution < 1.29 is 9.18 Å². The Bertz CT molecular complexity index is 966. The second-order valence-corrected chi connectivity index (χ2v) is 6.08. The Balaban J connectivity index is 1.82.